The fraction of sp³-hybridized carbons (Fsp3) is 0.381. The number of nitrogens with one attached hydrogen (secondary N) is 1. The van der Waals surface area contributed by atoms with Gasteiger partial charge in [-0.05, 0) is 25.0 Å². The number of benzene rings is 1. The molecule has 6 rings (SSSR count). The minimum Gasteiger partial charge on any atom is -0.454 e. The summed E-state index contributed by atoms with van der Waals surface area (Å²) in [5.41, 5.74) is 3.42. The van der Waals surface area contributed by atoms with Crippen LogP contribution in [0, 0.1) is 0 Å². The van der Waals surface area contributed by atoms with Crippen molar-refractivity contribution in [3.63, 3.8) is 0 Å². The van der Waals surface area contributed by atoms with Gasteiger partial charge in [0.1, 0.15) is 11.0 Å². The van der Waals surface area contributed by atoms with Crippen LogP contribution in [0.3, 0.4) is 0 Å². The maximum atomic E-state index is 12.6. The van der Waals surface area contributed by atoms with Gasteiger partial charge < -0.3 is 14.5 Å². The molecule has 4 heterocycles. The number of ether oxygens (including phenoxy) is 2. The highest BCUT2D eigenvalue weighted by molar-refractivity contribution is 6.30. The lowest BCUT2D eigenvalue weighted by atomic mass is 10.1. The molecule has 0 saturated heterocycles. The van der Waals surface area contributed by atoms with Gasteiger partial charge in [-0.25, -0.2) is 9.97 Å². The Morgan fingerprint density at radius 1 is 1.17 bits per heavy atom. The second-order valence-corrected chi connectivity index (χ2v) is 8.31. The zero-order valence-corrected chi connectivity index (χ0v) is 16.5. The van der Waals surface area contributed by atoms with Crippen LogP contribution in [0.5, 0.6) is 11.5 Å². The number of fused-ring (bicyclic) bond motifs is 3. The van der Waals surface area contributed by atoms with E-state index < -0.39 is 0 Å². The van der Waals surface area contributed by atoms with Crippen molar-refractivity contribution in [1.29, 1.82) is 0 Å². The van der Waals surface area contributed by atoms with E-state index in [4.69, 9.17) is 26.1 Å². The van der Waals surface area contributed by atoms with Crippen LogP contribution in [0.2, 0.25) is 5.15 Å². The summed E-state index contributed by atoms with van der Waals surface area (Å²) in [4.78, 5) is 27.0. The van der Waals surface area contributed by atoms with Crippen molar-refractivity contribution in [2.45, 2.75) is 38.3 Å². The first kappa shape index (κ1) is 17.2. The molecule has 1 N–H and O–H groups in total. The van der Waals surface area contributed by atoms with Crippen molar-refractivity contribution in [3.05, 3.63) is 56.4 Å². The highest BCUT2D eigenvalue weighted by Gasteiger charge is 2.29. The highest BCUT2D eigenvalue weighted by Crippen LogP contribution is 2.38. The number of H-pyrrole nitrogens is 1. The van der Waals surface area contributed by atoms with Crippen LogP contribution < -0.4 is 15.0 Å². The number of hydrogen-bond donors (Lipinski definition) is 1. The molecule has 0 bridgehead atoms. The van der Waals surface area contributed by atoms with E-state index in [1.165, 1.54) is 0 Å². The van der Waals surface area contributed by atoms with Gasteiger partial charge in [0.05, 0.1) is 16.8 Å². The molecular weight excluding hydrogens is 392 g/mol. The molecule has 3 aliphatic rings. The first-order chi connectivity index (χ1) is 14.1. The Balaban J connectivity index is 1.28. The van der Waals surface area contributed by atoms with Gasteiger partial charge in [0.15, 0.2) is 11.5 Å². The monoisotopic (exact) mass is 410 g/mol. The van der Waals surface area contributed by atoms with E-state index in [0.717, 1.165) is 65.1 Å². The second kappa shape index (κ2) is 6.43. The maximum absolute atomic E-state index is 12.6. The fourth-order valence-electron chi connectivity index (χ4n) is 4.12. The largest absolute Gasteiger partial charge is 0.454 e. The molecule has 8 heteroatoms. The van der Waals surface area contributed by atoms with E-state index in [2.05, 4.69) is 14.9 Å². The molecule has 0 atom stereocenters. The van der Waals surface area contributed by atoms with Gasteiger partial charge in [-0.2, -0.15) is 0 Å². The molecule has 2 aromatic heterocycles. The Bertz CT molecular complexity index is 1200. The lowest BCUT2D eigenvalue weighted by Crippen LogP contribution is -2.35. The number of pyridine rings is 1. The van der Waals surface area contributed by atoms with E-state index in [-0.39, 0.29) is 12.4 Å². The van der Waals surface area contributed by atoms with E-state index in [1.54, 1.807) is 0 Å². The summed E-state index contributed by atoms with van der Waals surface area (Å²) in [7, 11) is 0. The zero-order chi connectivity index (χ0) is 19.5. The minimum absolute atomic E-state index is 0.00274. The Labute approximate surface area is 171 Å². The van der Waals surface area contributed by atoms with Crippen molar-refractivity contribution < 1.29 is 9.47 Å². The van der Waals surface area contributed by atoms with E-state index >= 15 is 0 Å². The van der Waals surface area contributed by atoms with Crippen molar-refractivity contribution in [3.8, 4) is 11.5 Å². The summed E-state index contributed by atoms with van der Waals surface area (Å²) >= 11 is 6.48. The zero-order valence-electron chi connectivity index (χ0n) is 15.7. The molecule has 1 aliphatic carbocycles. The summed E-state index contributed by atoms with van der Waals surface area (Å²) in [5, 5.41) is 1.43. The third kappa shape index (κ3) is 3.05. The third-order valence-corrected chi connectivity index (χ3v) is 6.19. The predicted octanol–water partition coefficient (Wildman–Crippen LogP) is 3.14. The van der Waals surface area contributed by atoms with Crippen LogP contribution in [0.4, 0.5) is 0 Å². The molecule has 148 valence electrons. The van der Waals surface area contributed by atoms with Gasteiger partial charge in [-0.3, -0.25) is 9.69 Å². The molecule has 1 fully saturated rings. The Morgan fingerprint density at radius 2 is 2.00 bits per heavy atom. The minimum atomic E-state index is -0.00274. The number of rotatable bonds is 3. The lowest BCUT2D eigenvalue weighted by Gasteiger charge is -2.28. The van der Waals surface area contributed by atoms with Gasteiger partial charge in [-0.1, -0.05) is 11.6 Å². The van der Waals surface area contributed by atoms with Crippen molar-refractivity contribution >= 4 is 22.5 Å². The topological polar surface area (TPSA) is 80.3 Å². The average Bonchev–Trinajstić information content (AvgIpc) is 3.46. The molecule has 0 unspecified atom stereocenters. The van der Waals surface area contributed by atoms with E-state index in [0.29, 0.717) is 29.9 Å². The summed E-state index contributed by atoms with van der Waals surface area (Å²) < 4.78 is 10.9. The van der Waals surface area contributed by atoms with Crippen LogP contribution in [-0.4, -0.2) is 33.2 Å². The lowest BCUT2D eigenvalue weighted by molar-refractivity contribution is 0.174. The molecule has 7 nitrogen and oxygen atoms in total. The maximum Gasteiger partial charge on any atom is 0.255 e. The number of hydrogen-bond acceptors (Lipinski definition) is 6. The molecule has 29 heavy (non-hydrogen) atoms. The Hall–Kier alpha value is -2.64. The molecule has 2 aliphatic heterocycles. The normalized spacial score (nSPS) is 18.2. The standard InChI is InChI=1S/C21H19ClN4O3/c22-19-13(5-12-6-17-18(29-10-28-17)7-16(12)23-19)8-26-4-3-15-14(9-26)21(27)25-20(24-15)11-1-2-11/h5-7,11H,1-4,8-10H2,(H,24,25,27). The van der Waals surface area contributed by atoms with Crippen molar-refractivity contribution in [1.82, 2.24) is 19.9 Å². The van der Waals surface area contributed by atoms with Crippen LogP contribution in [0.1, 0.15) is 41.4 Å². The molecule has 1 aromatic carbocycles. The molecular formula is C21H19ClN4O3. The molecule has 0 radical (unpaired) electrons. The molecule has 1 saturated carbocycles. The smallest absolute Gasteiger partial charge is 0.255 e. The second-order valence-electron chi connectivity index (χ2n) is 7.95. The van der Waals surface area contributed by atoms with Gasteiger partial charge in [-0.15, -0.1) is 0 Å². The third-order valence-electron chi connectivity index (χ3n) is 5.86. The van der Waals surface area contributed by atoms with Gasteiger partial charge in [0.2, 0.25) is 6.79 Å². The van der Waals surface area contributed by atoms with E-state index in [1.807, 2.05) is 18.2 Å². The summed E-state index contributed by atoms with van der Waals surface area (Å²) in [5.74, 6) is 2.73. The average molecular weight is 411 g/mol. The van der Waals surface area contributed by atoms with Gasteiger partial charge in [0, 0.05) is 49.0 Å². The summed E-state index contributed by atoms with van der Waals surface area (Å²) in [6.45, 7) is 2.26. The Kier molecular flexibility index (Phi) is 3.82. The molecule has 3 aromatic rings. The first-order valence-corrected chi connectivity index (χ1v) is 10.2. The summed E-state index contributed by atoms with van der Waals surface area (Å²) in [6, 6.07) is 5.83. The van der Waals surface area contributed by atoms with Crippen molar-refractivity contribution in [2.24, 2.45) is 0 Å². The fourth-order valence-corrected chi connectivity index (χ4v) is 4.33. The number of nitrogens with zero attached hydrogens (tertiary/aromatic N) is 3. The van der Waals surface area contributed by atoms with E-state index in [9.17, 15) is 4.79 Å². The number of aromatic amines is 1. The Morgan fingerprint density at radius 3 is 2.83 bits per heavy atom. The number of aromatic nitrogens is 3. The van der Waals surface area contributed by atoms with Crippen LogP contribution >= 0.6 is 11.6 Å². The van der Waals surface area contributed by atoms with Gasteiger partial charge >= 0.3 is 0 Å². The van der Waals surface area contributed by atoms with Crippen LogP contribution in [0.25, 0.3) is 10.9 Å². The first-order valence-electron chi connectivity index (χ1n) is 9.87. The SMILES string of the molecule is O=c1[nH]c(C2CC2)nc2c1CN(Cc1cc3cc4c(cc3nc1Cl)OCO4)CC2. The summed E-state index contributed by atoms with van der Waals surface area (Å²) in [6.07, 6.45) is 3.03. The highest BCUT2D eigenvalue weighted by atomic mass is 35.5. The van der Waals surface area contributed by atoms with Crippen molar-refractivity contribution in [2.75, 3.05) is 13.3 Å². The van der Waals surface area contributed by atoms with Gasteiger partial charge in [0.25, 0.3) is 5.56 Å². The predicted molar refractivity (Wildman–Crippen MR) is 108 cm³/mol. The number of halogens is 1. The molecule has 0 amide bonds. The van der Waals surface area contributed by atoms with Crippen LogP contribution in [0.15, 0.2) is 23.0 Å². The quantitative estimate of drug-likeness (QED) is 0.668. The van der Waals surface area contributed by atoms with Crippen LogP contribution in [-0.2, 0) is 19.5 Å². The molecule has 0 spiro atoms.